The lowest BCUT2D eigenvalue weighted by molar-refractivity contribution is -0.133. The summed E-state index contributed by atoms with van der Waals surface area (Å²) < 4.78 is 1.84. The van der Waals surface area contributed by atoms with E-state index in [1.165, 1.54) is 5.01 Å². The van der Waals surface area contributed by atoms with Crippen LogP contribution in [-0.2, 0) is 11.3 Å². The first-order valence-corrected chi connectivity index (χ1v) is 9.70. The molecule has 0 radical (unpaired) electrons. The zero-order chi connectivity index (χ0) is 21.1. The molecule has 0 saturated heterocycles. The van der Waals surface area contributed by atoms with Gasteiger partial charge in [0.05, 0.1) is 47.5 Å². The number of aromatic nitrogens is 4. The SMILES string of the molecule is C=C(CCC(=O)N1N=CCC1c1cncc(C)n1)Cn1ncc2cc(C#N)ccc21. The van der Waals surface area contributed by atoms with E-state index in [2.05, 4.69) is 32.8 Å². The van der Waals surface area contributed by atoms with Crippen LogP contribution in [0.5, 0.6) is 0 Å². The number of hydrogen-bond donors (Lipinski definition) is 0. The van der Waals surface area contributed by atoms with E-state index in [9.17, 15) is 4.79 Å². The van der Waals surface area contributed by atoms with Gasteiger partial charge < -0.3 is 0 Å². The average molecular weight is 399 g/mol. The number of nitriles is 1. The van der Waals surface area contributed by atoms with E-state index < -0.39 is 0 Å². The molecule has 3 aromatic rings. The van der Waals surface area contributed by atoms with Crippen molar-refractivity contribution in [1.82, 2.24) is 24.8 Å². The van der Waals surface area contributed by atoms with Gasteiger partial charge in [0.15, 0.2) is 0 Å². The molecule has 3 heterocycles. The van der Waals surface area contributed by atoms with Crippen molar-refractivity contribution in [2.45, 2.75) is 38.8 Å². The van der Waals surface area contributed by atoms with Crippen LogP contribution < -0.4 is 0 Å². The van der Waals surface area contributed by atoms with Gasteiger partial charge in [0, 0.05) is 30.6 Å². The number of amides is 1. The largest absolute Gasteiger partial charge is 0.273 e. The molecule has 1 aliphatic rings. The first-order valence-electron chi connectivity index (χ1n) is 9.70. The maximum Gasteiger partial charge on any atom is 0.243 e. The van der Waals surface area contributed by atoms with E-state index >= 15 is 0 Å². The van der Waals surface area contributed by atoms with Crippen molar-refractivity contribution in [2.75, 3.05) is 0 Å². The van der Waals surface area contributed by atoms with Gasteiger partial charge in [-0.1, -0.05) is 12.2 Å². The van der Waals surface area contributed by atoms with Crippen LogP contribution in [0.3, 0.4) is 0 Å². The number of benzene rings is 1. The second-order valence-corrected chi connectivity index (χ2v) is 7.31. The quantitative estimate of drug-likeness (QED) is 0.592. The number of rotatable bonds is 6. The lowest BCUT2D eigenvalue weighted by Crippen LogP contribution is -2.27. The highest BCUT2D eigenvalue weighted by Gasteiger charge is 2.29. The molecular formula is C22H21N7O. The van der Waals surface area contributed by atoms with Crippen LogP contribution in [0.1, 0.15) is 42.3 Å². The van der Waals surface area contributed by atoms with Gasteiger partial charge in [-0.3, -0.25) is 19.4 Å². The Morgan fingerprint density at radius 1 is 1.30 bits per heavy atom. The van der Waals surface area contributed by atoms with Gasteiger partial charge in [-0.05, 0) is 31.5 Å². The maximum atomic E-state index is 12.8. The normalized spacial score (nSPS) is 15.5. The van der Waals surface area contributed by atoms with E-state index in [0.29, 0.717) is 31.4 Å². The Labute approximate surface area is 174 Å². The summed E-state index contributed by atoms with van der Waals surface area (Å²) in [7, 11) is 0. The van der Waals surface area contributed by atoms with Gasteiger partial charge in [0.2, 0.25) is 5.91 Å². The van der Waals surface area contributed by atoms with E-state index in [0.717, 1.165) is 27.9 Å². The first kappa shape index (κ1) is 19.5. The Bertz CT molecular complexity index is 1190. The molecule has 2 aromatic heterocycles. The molecule has 30 heavy (non-hydrogen) atoms. The minimum Gasteiger partial charge on any atom is -0.273 e. The van der Waals surface area contributed by atoms with Crippen molar-refractivity contribution in [3.63, 3.8) is 0 Å². The fourth-order valence-electron chi connectivity index (χ4n) is 3.51. The summed E-state index contributed by atoms with van der Waals surface area (Å²) in [6.07, 6.45) is 8.34. The van der Waals surface area contributed by atoms with Crippen molar-refractivity contribution < 1.29 is 4.79 Å². The molecule has 4 rings (SSSR count). The van der Waals surface area contributed by atoms with Crippen molar-refractivity contribution in [2.24, 2.45) is 5.10 Å². The molecule has 1 aliphatic heterocycles. The van der Waals surface area contributed by atoms with Crippen LogP contribution in [0, 0.1) is 18.3 Å². The second-order valence-electron chi connectivity index (χ2n) is 7.31. The van der Waals surface area contributed by atoms with Crippen LogP contribution in [0.2, 0.25) is 0 Å². The molecule has 1 aromatic carbocycles. The highest BCUT2D eigenvalue weighted by molar-refractivity contribution is 5.81. The summed E-state index contributed by atoms with van der Waals surface area (Å²) in [5, 5.41) is 20.1. The molecule has 0 saturated carbocycles. The number of carbonyl (C=O) groups excluding carboxylic acids is 1. The number of aryl methyl sites for hydroxylation is 1. The molecule has 0 fully saturated rings. The zero-order valence-electron chi connectivity index (χ0n) is 16.7. The van der Waals surface area contributed by atoms with Crippen LogP contribution in [-0.4, -0.2) is 36.9 Å². The summed E-state index contributed by atoms with van der Waals surface area (Å²) in [4.78, 5) is 21.4. The minimum atomic E-state index is -0.206. The summed E-state index contributed by atoms with van der Waals surface area (Å²) in [5.41, 5.74) is 4.00. The number of hydrazone groups is 1. The molecule has 0 spiro atoms. The molecule has 0 N–H and O–H groups in total. The predicted octanol–water partition coefficient (Wildman–Crippen LogP) is 3.30. The summed E-state index contributed by atoms with van der Waals surface area (Å²) in [6.45, 7) is 6.50. The molecule has 8 heteroatoms. The monoisotopic (exact) mass is 399 g/mol. The Morgan fingerprint density at radius 2 is 2.17 bits per heavy atom. The number of fused-ring (bicyclic) bond motifs is 1. The smallest absolute Gasteiger partial charge is 0.243 e. The van der Waals surface area contributed by atoms with Crippen LogP contribution >= 0.6 is 0 Å². The van der Waals surface area contributed by atoms with E-state index in [4.69, 9.17) is 5.26 Å². The van der Waals surface area contributed by atoms with Crippen molar-refractivity contribution in [3.8, 4) is 6.07 Å². The Balaban J connectivity index is 1.37. The minimum absolute atomic E-state index is 0.0674. The summed E-state index contributed by atoms with van der Waals surface area (Å²) in [5.74, 6) is -0.0674. The maximum absolute atomic E-state index is 12.8. The van der Waals surface area contributed by atoms with Crippen molar-refractivity contribution in [3.05, 3.63) is 65.9 Å². The molecule has 0 bridgehead atoms. The van der Waals surface area contributed by atoms with Crippen LogP contribution in [0.25, 0.3) is 10.9 Å². The van der Waals surface area contributed by atoms with Gasteiger partial charge in [0.25, 0.3) is 0 Å². The van der Waals surface area contributed by atoms with Gasteiger partial charge >= 0.3 is 0 Å². The lowest BCUT2D eigenvalue weighted by atomic mass is 10.1. The Hall–Kier alpha value is -3.86. The fraction of sp³-hybridized carbons (Fsp3) is 0.273. The van der Waals surface area contributed by atoms with Gasteiger partial charge in [-0.25, -0.2) is 5.01 Å². The Morgan fingerprint density at radius 3 is 2.97 bits per heavy atom. The third kappa shape index (κ3) is 3.96. The highest BCUT2D eigenvalue weighted by atomic mass is 16.2. The van der Waals surface area contributed by atoms with Gasteiger partial charge in [0.1, 0.15) is 6.04 Å². The molecular weight excluding hydrogens is 378 g/mol. The number of allylic oxidation sites excluding steroid dienone is 1. The third-order valence-electron chi connectivity index (χ3n) is 5.04. The van der Waals surface area contributed by atoms with E-state index in [1.807, 2.05) is 23.7 Å². The number of hydrogen-bond acceptors (Lipinski definition) is 6. The fourth-order valence-corrected chi connectivity index (χ4v) is 3.51. The molecule has 1 unspecified atom stereocenters. The molecule has 0 aliphatic carbocycles. The van der Waals surface area contributed by atoms with E-state index in [1.54, 1.807) is 30.9 Å². The summed E-state index contributed by atoms with van der Waals surface area (Å²) >= 11 is 0. The third-order valence-corrected chi connectivity index (χ3v) is 5.04. The van der Waals surface area contributed by atoms with Crippen molar-refractivity contribution >= 4 is 23.0 Å². The second kappa shape index (κ2) is 8.25. The molecule has 1 atom stereocenters. The molecule has 150 valence electrons. The van der Waals surface area contributed by atoms with Crippen LogP contribution in [0.4, 0.5) is 0 Å². The summed E-state index contributed by atoms with van der Waals surface area (Å²) in [6, 6.07) is 7.39. The lowest BCUT2D eigenvalue weighted by Gasteiger charge is -2.21. The molecule has 1 amide bonds. The van der Waals surface area contributed by atoms with Gasteiger partial charge in [-0.15, -0.1) is 0 Å². The zero-order valence-corrected chi connectivity index (χ0v) is 16.7. The van der Waals surface area contributed by atoms with E-state index in [-0.39, 0.29) is 11.9 Å². The van der Waals surface area contributed by atoms with Crippen molar-refractivity contribution in [1.29, 1.82) is 5.26 Å². The standard InChI is InChI=1S/C22H21N7O/c1-15(14-28-20-5-4-17(10-23)9-18(20)12-26-28)3-6-22(30)29-21(7-8-25-29)19-13-24-11-16(2)27-19/h4-5,8-9,11-13,21H,1,3,6-7,14H2,2H3. The number of carbonyl (C=O) groups is 1. The predicted molar refractivity (Wildman–Crippen MR) is 112 cm³/mol. The highest BCUT2D eigenvalue weighted by Crippen LogP contribution is 2.27. The number of nitrogens with zero attached hydrogens (tertiary/aromatic N) is 7. The van der Waals surface area contributed by atoms with Crippen LogP contribution in [0.15, 0.2) is 54.0 Å². The van der Waals surface area contributed by atoms with Gasteiger partial charge in [-0.2, -0.15) is 15.5 Å². The average Bonchev–Trinajstić information content (AvgIpc) is 3.39. The topological polar surface area (TPSA) is 100 Å². The first-order chi connectivity index (χ1) is 14.5. The Kier molecular flexibility index (Phi) is 5.35. The molecule has 8 nitrogen and oxygen atoms in total.